The fourth-order valence-corrected chi connectivity index (χ4v) is 3.45. The van der Waals surface area contributed by atoms with Crippen molar-refractivity contribution in [3.63, 3.8) is 0 Å². The summed E-state index contributed by atoms with van der Waals surface area (Å²) in [5.41, 5.74) is 3.14. The van der Waals surface area contributed by atoms with E-state index in [0.717, 1.165) is 19.5 Å². The molecule has 2 rings (SSSR count). The zero-order chi connectivity index (χ0) is 14.6. The van der Waals surface area contributed by atoms with E-state index in [1.807, 2.05) is 0 Å². The van der Waals surface area contributed by atoms with Crippen LogP contribution in [0.25, 0.3) is 0 Å². The van der Waals surface area contributed by atoms with Crippen LogP contribution >= 0.6 is 0 Å². The Bertz CT molecular complexity index is 414. The average molecular weight is 277 g/mol. The second-order valence-corrected chi connectivity index (χ2v) is 6.72. The summed E-state index contributed by atoms with van der Waals surface area (Å²) in [6.07, 6.45) is 7.73. The molecule has 1 fully saturated rings. The fourth-order valence-electron chi connectivity index (χ4n) is 3.45. The fraction of sp³-hybridized carbons (Fsp3) is 0.824. The maximum absolute atomic E-state index is 4.71. The maximum Gasteiger partial charge on any atom is 0.0624 e. The number of aryl methyl sites for hydroxylation is 2. The summed E-state index contributed by atoms with van der Waals surface area (Å²) in [7, 11) is 0. The Morgan fingerprint density at radius 1 is 1.30 bits per heavy atom. The van der Waals surface area contributed by atoms with Crippen LogP contribution in [0.2, 0.25) is 0 Å². The Balaban J connectivity index is 2.13. The summed E-state index contributed by atoms with van der Waals surface area (Å²) < 4.78 is 2.22. The molecule has 20 heavy (non-hydrogen) atoms. The van der Waals surface area contributed by atoms with Gasteiger partial charge in [-0.05, 0) is 44.1 Å². The summed E-state index contributed by atoms with van der Waals surface area (Å²) in [5.74, 6) is 0. The van der Waals surface area contributed by atoms with E-state index in [2.05, 4.69) is 43.8 Å². The third kappa shape index (κ3) is 3.63. The lowest BCUT2D eigenvalue weighted by Crippen LogP contribution is -2.37. The molecule has 0 spiro atoms. The zero-order valence-electron chi connectivity index (χ0n) is 13.7. The summed E-state index contributed by atoms with van der Waals surface area (Å²) in [5, 5.41) is 8.39. The van der Waals surface area contributed by atoms with Crippen molar-refractivity contribution in [2.75, 3.05) is 6.54 Å². The highest BCUT2D eigenvalue weighted by atomic mass is 15.3. The quantitative estimate of drug-likeness (QED) is 0.826. The van der Waals surface area contributed by atoms with Crippen LogP contribution in [-0.4, -0.2) is 22.4 Å². The van der Waals surface area contributed by atoms with E-state index in [1.165, 1.54) is 43.5 Å². The van der Waals surface area contributed by atoms with Gasteiger partial charge in [0.1, 0.15) is 0 Å². The topological polar surface area (TPSA) is 29.9 Å². The van der Waals surface area contributed by atoms with Gasteiger partial charge in [0.05, 0.1) is 5.69 Å². The van der Waals surface area contributed by atoms with Gasteiger partial charge >= 0.3 is 0 Å². The van der Waals surface area contributed by atoms with E-state index < -0.39 is 0 Å². The standard InChI is InChI=1S/C17H31N3/c1-5-15-11-16(20(6-2)19-15)12-17(9-7-8-10-17)13-18-14(3)4/h11,14,18H,5-10,12-13H2,1-4H3. The van der Waals surface area contributed by atoms with Crippen molar-refractivity contribution in [1.29, 1.82) is 0 Å². The Hall–Kier alpha value is -0.830. The molecule has 1 heterocycles. The van der Waals surface area contributed by atoms with Crippen molar-refractivity contribution in [3.05, 3.63) is 17.5 Å². The van der Waals surface area contributed by atoms with Crippen molar-refractivity contribution >= 4 is 0 Å². The van der Waals surface area contributed by atoms with Gasteiger partial charge in [0.25, 0.3) is 0 Å². The molecule has 1 N–H and O–H groups in total. The first-order valence-electron chi connectivity index (χ1n) is 8.37. The normalized spacial score (nSPS) is 18.1. The zero-order valence-corrected chi connectivity index (χ0v) is 13.7. The minimum atomic E-state index is 0.461. The monoisotopic (exact) mass is 277 g/mol. The molecule has 1 saturated carbocycles. The van der Waals surface area contributed by atoms with Crippen LogP contribution in [0.5, 0.6) is 0 Å². The number of hydrogen-bond donors (Lipinski definition) is 1. The molecular formula is C17H31N3. The van der Waals surface area contributed by atoms with Gasteiger partial charge in [0, 0.05) is 24.8 Å². The molecule has 1 aromatic heterocycles. The minimum absolute atomic E-state index is 0.461. The van der Waals surface area contributed by atoms with E-state index in [0.29, 0.717) is 11.5 Å². The number of hydrogen-bond acceptors (Lipinski definition) is 2. The Morgan fingerprint density at radius 2 is 2.00 bits per heavy atom. The first-order valence-corrected chi connectivity index (χ1v) is 8.37. The van der Waals surface area contributed by atoms with Gasteiger partial charge in [-0.25, -0.2) is 0 Å². The van der Waals surface area contributed by atoms with Crippen LogP contribution < -0.4 is 5.32 Å². The van der Waals surface area contributed by atoms with Gasteiger partial charge in [-0.15, -0.1) is 0 Å². The van der Waals surface area contributed by atoms with Crippen LogP contribution in [0.3, 0.4) is 0 Å². The number of aromatic nitrogens is 2. The van der Waals surface area contributed by atoms with Crippen molar-refractivity contribution in [2.45, 2.75) is 78.8 Å². The largest absolute Gasteiger partial charge is 0.314 e. The summed E-state index contributed by atoms with van der Waals surface area (Å²) in [6, 6.07) is 2.91. The van der Waals surface area contributed by atoms with Crippen LogP contribution in [0, 0.1) is 5.41 Å². The molecule has 0 radical (unpaired) electrons. The Labute approximate surface area is 124 Å². The molecule has 0 aliphatic heterocycles. The molecule has 3 heteroatoms. The summed E-state index contributed by atoms with van der Waals surface area (Å²) >= 11 is 0. The van der Waals surface area contributed by atoms with Crippen LogP contribution in [0.15, 0.2) is 6.07 Å². The van der Waals surface area contributed by atoms with E-state index in [9.17, 15) is 0 Å². The Morgan fingerprint density at radius 3 is 2.55 bits per heavy atom. The van der Waals surface area contributed by atoms with Crippen LogP contribution in [0.4, 0.5) is 0 Å². The Kier molecular flexibility index (Phi) is 5.25. The molecule has 1 aliphatic carbocycles. The van der Waals surface area contributed by atoms with Gasteiger partial charge in [-0.3, -0.25) is 4.68 Å². The van der Waals surface area contributed by atoms with E-state index in [1.54, 1.807) is 0 Å². The molecule has 1 aromatic rings. The van der Waals surface area contributed by atoms with Gasteiger partial charge in [-0.1, -0.05) is 33.6 Å². The van der Waals surface area contributed by atoms with E-state index in [4.69, 9.17) is 5.10 Å². The highest BCUT2D eigenvalue weighted by molar-refractivity contribution is 5.13. The third-order valence-corrected chi connectivity index (χ3v) is 4.68. The van der Waals surface area contributed by atoms with Gasteiger partial charge in [0.2, 0.25) is 0 Å². The van der Waals surface area contributed by atoms with Crippen molar-refractivity contribution < 1.29 is 0 Å². The van der Waals surface area contributed by atoms with Crippen molar-refractivity contribution in [1.82, 2.24) is 15.1 Å². The molecule has 3 nitrogen and oxygen atoms in total. The first-order chi connectivity index (χ1) is 9.58. The highest BCUT2D eigenvalue weighted by Gasteiger charge is 2.34. The number of rotatable bonds is 7. The molecule has 0 atom stereocenters. The molecule has 0 bridgehead atoms. The molecule has 1 aliphatic rings. The lowest BCUT2D eigenvalue weighted by Gasteiger charge is -2.30. The van der Waals surface area contributed by atoms with Crippen LogP contribution in [0.1, 0.15) is 64.8 Å². The molecule has 0 amide bonds. The number of nitrogens with zero attached hydrogens (tertiary/aromatic N) is 2. The smallest absolute Gasteiger partial charge is 0.0624 e. The molecule has 0 aromatic carbocycles. The second-order valence-electron chi connectivity index (χ2n) is 6.72. The SMILES string of the molecule is CCc1cc(CC2(CNC(C)C)CCCC2)n(CC)n1. The predicted molar refractivity (Wildman–Crippen MR) is 85.0 cm³/mol. The second kappa shape index (κ2) is 6.75. The van der Waals surface area contributed by atoms with Crippen LogP contribution in [-0.2, 0) is 19.4 Å². The highest BCUT2D eigenvalue weighted by Crippen LogP contribution is 2.40. The lowest BCUT2D eigenvalue weighted by molar-refractivity contribution is 0.262. The van der Waals surface area contributed by atoms with E-state index >= 15 is 0 Å². The predicted octanol–water partition coefficient (Wildman–Crippen LogP) is 3.57. The number of nitrogens with one attached hydrogen (secondary N) is 1. The summed E-state index contributed by atoms with van der Waals surface area (Å²) in [4.78, 5) is 0. The minimum Gasteiger partial charge on any atom is -0.314 e. The van der Waals surface area contributed by atoms with Crippen molar-refractivity contribution in [2.24, 2.45) is 5.41 Å². The lowest BCUT2D eigenvalue weighted by atomic mass is 9.81. The molecule has 0 unspecified atom stereocenters. The molecule has 0 saturated heterocycles. The van der Waals surface area contributed by atoms with Gasteiger partial charge < -0.3 is 5.32 Å². The van der Waals surface area contributed by atoms with E-state index in [-0.39, 0.29) is 0 Å². The average Bonchev–Trinajstić information content (AvgIpc) is 3.04. The van der Waals surface area contributed by atoms with Gasteiger partial charge in [0.15, 0.2) is 0 Å². The van der Waals surface area contributed by atoms with Crippen molar-refractivity contribution in [3.8, 4) is 0 Å². The maximum atomic E-state index is 4.71. The first kappa shape index (κ1) is 15.6. The third-order valence-electron chi connectivity index (χ3n) is 4.68. The van der Waals surface area contributed by atoms with Gasteiger partial charge in [-0.2, -0.15) is 5.10 Å². The molecular weight excluding hydrogens is 246 g/mol. The summed E-state index contributed by atoms with van der Waals surface area (Å²) in [6.45, 7) is 11.0. The molecule has 114 valence electrons.